The van der Waals surface area contributed by atoms with Gasteiger partial charge in [0.2, 0.25) is 0 Å². The number of rotatable bonds is 6. The Morgan fingerprint density at radius 3 is 1.87 bits per heavy atom. The fourth-order valence-corrected chi connectivity index (χ4v) is 6.24. The van der Waals surface area contributed by atoms with Crippen LogP contribution in [0.1, 0.15) is 22.9 Å². The minimum atomic E-state index is -0.226. The van der Waals surface area contributed by atoms with Crippen molar-refractivity contribution in [3.8, 4) is 33.4 Å². The Labute approximate surface area is 269 Å². The van der Waals surface area contributed by atoms with Crippen LogP contribution in [0.15, 0.2) is 181 Å². The van der Waals surface area contributed by atoms with Gasteiger partial charge in [-0.3, -0.25) is 9.98 Å². The van der Waals surface area contributed by atoms with Crippen molar-refractivity contribution in [2.75, 3.05) is 0 Å². The third kappa shape index (κ3) is 5.51. The lowest BCUT2D eigenvalue weighted by Crippen LogP contribution is -2.24. The van der Waals surface area contributed by atoms with Gasteiger partial charge in [0, 0.05) is 23.7 Å². The Morgan fingerprint density at radius 2 is 1.07 bits per heavy atom. The van der Waals surface area contributed by atoms with Gasteiger partial charge in [-0.05, 0) is 91.7 Å². The first kappa shape index (κ1) is 27.5. The van der Waals surface area contributed by atoms with Crippen LogP contribution < -0.4 is 5.32 Å². The van der Waals surface area contributed by atoms with E-state index in [9.17, 15) is 0 Å². The van der Waals surface area contributed by atoms with Gasteiger partial charge >= 0.3 is 0 Å². The highest BCUT2D eigenvalue weighted by atomic mass is 15.1. The van der Waals surface area contributed by atoms with Crippen LogP contribution in [0.2, 0.25) is 0 Å². The van der Waals surface area contributed by atoms with E-state index in [1.165, 1.54) is 27.5 Å². The molecule has 0 aliphatic carbocycles. The summed E-state index contributed by atoms with van der Waals surface area (Å²) in [6.07, 6.45) is 5.67. The molecule has 0 saturated carbocycles. The second kappa shape index (κ2) is 12.1. The molecule has 7 aromatic rings. The molecule has 1 atom stereocenters. The van der Waals surface area contributed by atoms with Gasteiger partial charge in [-0.1, -0.05) is 127 Å². The van der Waals surface area contributed by atoms with E-state index in [0.717, 1.165) is 44.8 Å². The maximum Gasteiger partial charge on any atom is 0.145 e. The van der Waals surface area contributed by atoms with Gasteiger partial charge in [0.25, 0.3) is 0 Å². The number of fused-ring (bicyclic) bond motifs is 1. The molecular weight excluding hydrogens is 558 g/mol. The summed E-state index contributed by atoms with van der Waals surface area (Å²) >= 11 is 0. The number of allylic oxidation sites excluding steroid dienone is 1. The zero-order chi connectivity index (χ0) is 30.7. The third-order valence-corrected chi connectivity index (χ3v) is 8.60. The van der Waals surface area contributed by atoms with Crippen LogP contribution >= 0.6 is 0 Å². The molecule has 1 aliphatic heterocycles. The highest BCUT2D eigenvalue weighted by Crippen LogP contribution is 2.35. The van der Waals surface area contributed by atoms with Crippen LogP contribution in [0, 0.1) is 0 Å². The Bertz CT molecular complexity index is 2200. The van der Waals surface area contributed by atoms with Crippen LogP contribution in [-0.2, 0) is 0 Å². The molecule has 1 aliphatic rings. The number of nitrogens with zero attached hydrogens (tertiary/aromatic N) is 2. The molecule has 8 rings (SSSR count). The van der Waals surface area contributed by atoms with E-state index >= 15 is 0 Å². The molecule has 6 aromatic carbocycles. The first-order valence-corrected chi connectivity index (χ1v) is 15.6. The molecule has 0 saturated heterocycles. The summed E-state index contributed by atoms with van der Waals surface area (Å²) in [5.41, 5.74) is 12.3. The monoisotopic (exact) mass is 589 g/mol. The maximum absolute atomic E-state index is 5.31. The maximum atomic E-state index is 5.31. The Morgan fingerprint density at radius 1 is 0.457 bits per heavy atom. The van der Waals surface area contributed by atoms with Crippen molar-refractivity contribution < 1.29 is 0 Å². The zero-order valence-electron chi connectivity index (χ0n) is 25.2. The fraction of sp³-hybridized carbons (Fsp3) is 0.0233. The van der Waals surface area contributed by atoms with Gasteiger partial charge in [-0.15, -0.1) is 0 Å². The van der Waals surface area contributed by atoms with Crippen LogP contribution in [0.4, 0.5) is 0 Å². The van der Waals surface area contributed by atoms with E-state index in [0.29, 0.717) is 0 Å². The third-order valence-electron chi connectivity index (χ3n) is 8.60. The van der Waals surface area contributed by atoms with Crippen molar-refractivity contribution >= 4 is 22.2 Å². The molecule has 0 radical (unpaired) electrons. The molecule has 2 heterocycles. The van der Waals surface area contributed by atoms with Gasteiger partial charge in [0.1, 0.15) is 6.17 Å². The SMILES string of the molecule is C1=C(c2ccc(-c3ccccc3)cc2)NC(c2ccccc2)N=C1c1cc(-c2ccncc2)cc(-c2cccc3ccccc23)c1. The number of hydrogen-bond donors (Lipinski definition) is 1. The molecule has 0 spiro atoms. The molecule has 46 heavy (non-hydrogen) atoms. The second-order valence-corrected chi connectivity index (χ2v) is 11.5. The highest BCUT2D eigenvalue weighted by molar-refractivity contribution is 6.14. The average molecular weight is 590 g/mol. The Balaban J connectivity index is 1.28. The lowest BCUT2D eigenvalue weighted by molar-refractivity contribution is 0.664. The van der Waals surface area contributed by atoms with E-state index in [1.54, 1.807) is 0 Å². The van der Waals surface area contributed by atoms with Crippen LogP contribution in [0.3, 0.4) is 0 Å². The second-order valence-electron chi connectivity index (χ2n) is 11.5. The molecule has 1 unspecified atom stereocenters. The predicted molar refractivity (Wildman–Crippen MR) is 191 cm³/mol. The van der Waals surface area contributed by atoms with Crippen molar-refractivity contribution in [2.45, 2.75) is 6.17 Å². The lowest BCUT2D eigenvalue weighted by atomic mass is 9.91. The molecule has 1 N–H and O–H groups in total. The zero-order valence-corrected chi connectivity index (χ0v) is 25.2. The average Bonchev–Trinajstić information content (AvgIpc) is 3.15. The fourth-order valence-electron chi connectivity index (χ4n) is 6.24. The van der Waals surface area contributed by atoms with Gasteiger partial charge in [0.15, 0.2) is 0 Å². The minimum absolute atomic E-state index is 0.226. The predicted octanol–water partition coefficient (Wildman–Crippen LogP) is 10.4. The molecule has 1 aromatic heterocycles. The topological polar surface area (TPSA) is 37.3 Å². The van der Waals surface area contributed by atoms with Crippen molar-refractivity contribution in [1.82, 2.24) is 10.3 Å². The van der Waals surface area contributed by atoms with Gasteiger partial charge < -0.3 is 5.32 Å². The summed E-state index contributed by atoms with van der Waals surface area (Å²) in [4.78, 5) is 9.59. The number of benzene rings is 6. The van der Waals surface area contributed by atoms with Crippen molar-refractivity contribution in [3.63, 3.8) is 0 Å². The standard InChI is InChI=1S/C43H31N3/c1-3-10-30(11-4-1)31-18-20-34(21-19-31)41-29-42(46-43(45-41)35-13-5-2-6-14-35)38-27-36(32-22-24-44-25-23-32)26-37(28-38)40-17-9-15-33-12-7-8-16-39(33)40/h1-29,43,45H. The van der Waals surface area contributed by atoms with Crippen molar-refractivity contribution in [3.05, 3.63) is 193 Å². The Kier molecular flexibility index (Phi) is 7.26. The van der Waals surface area contributed by atoms with Gasteiger partial charge in [0.05, 0.1) is 5.71 Å². The number of hydrogen-bond acceptors (Lipinski definition) is 3. The van der Waals surface area contributed by atoms with Crippen LogP contribution in [0.25, 0.3) is 49.9 Å². The van der Waals surface area contributed by atoms with E-state index in [2.05, 4.69) is 168 Å². The summed E-state index contributed by atoms with van der Waals surface area (Å²) in [5, 5.41) is 6.18. The van der Waals surface area contributed by atoms with Crippen molar-refractivity contribution in [1.29, 1.82) is 0 Å². The van der Waals surface area contributed by atoms with E-state index in [4.69, 9.17) is 4.99 Å². The molecular formula is C43H31N3. The number of aliphatic imine (C=N–C) groups is 1. The largest absolute Gasteiger partial charge is 0.360 e. The first-order chi connectivity index (χ1) is 22.8. The lowest BCUT2D eigenvalue weighted by Gasteiger charge is -2.25. The van der Waals surface area contributed by atoms with E-state index < -0.39 is 0 Å². The van der Waals surface area contributed by atoms with Gasteiger partial charge in [-0.2, -0.15) is 0 Å². The smallest absolute Gasteiger partial charge is 0.145 e. The van der Waals surface area contributed by atoms with Gasteiger partial charge in [-0.25, -0.2) is 0 Å². The molecule has 0 amide bonds. The summed E-state index contributed by atoms with van der Waals surface area (Å²) in [7, 11) is 0. The van der Waals surface area contributed by atoms with E-state index in [-0.39, 0.29) is 6.17 Å². The molecule has 0 bridgehead atoms. The quantitative estimate of drug-likeness (QED) is 0.210. The summed E-state index contributed by atoms with van der Waals surface area (Å²) < 4.78 is 0. The molecule has 218 valence electrons. The van der Waals surface area contributed by atoms with Crippen molar-refractivity contribution in [2.24, 2.45) is 4.99 Å². The number of nitrogens with one attached hydrogen (secondary N) is 1. The number of aromatic nitrogens is 1. The van der Waals surface area contributed by atoms with Crippen LogP contribution in [-0.4, -0.2) is 10.7 Å². The normalized spacial score (nSPS) is 14.3. The minimum Gasteiger partial charge on any atom is -0.360 e. The molecule has 0 fully saturated rings. The molecule has 3 heteroatoms. The number of pyridine rings is 1. The van der Waals surface area contributed by atoms with E-state index in [1.807, 2.05) is 18.5 Å². The van der Waals surface area contributed by atoms with Crippen LogP contribution in [0.5, 0.6) is 0 Å². The summed E-state index contributed by atoms with van der Waals surface area (Å²) in [6.45, 7) is 0. The Hall–Kier alpha value is -6.06. The summed E-state index contributed by atoms with van der Waals surface area (Å²) in [5.74, 6) is 0. The summed E-state index contributed by atoms with van der Waals surface area (Å²) in [6, 6.07) is 55.8. The highest BCUT2D eigenvalue weighted by Gasteiger charge is 2.21. The molecule has 3 nitrogen and oxygen atoms in total. The first-order valence-electron chi connectivity index (χ1n) is 15.6.